The standard InChI is InChI=1S/C14H23N3O3S/c1-3-8-17-10-11(21(15,19)20)9-12(17)13(18)16-14(4-2)6-5-7-14/h9-10H,3-8H2,1-2H3,(H,16,18)(H2,15,19,20). The van der Waals surface area contributed by atoms with Gasteiger partial charge in [0.1, 0.15) is 10.6 Å². The van der Waals surface area contributed by atoms with Crippen molar-refractivity contribution in [3.63, 3.8) is 0 Å². The number of nitrogens with two attached hydrogens (primary N) is 1. The van der Waals surface area contributed by atoms with Crippen LogP contribution in [0.25, 0.3) is 0 Å². The van der Waals surface area contributed by atoms with Gasteiger partial charge in [0.25, 0.3) is 5.91 Å². The predicted molar refractivity (Wildman–Crippen MR) is 80.4 cm³/mol. The minimum Gasteiger partial charge on any atom is -0.345 e. The number of aromatic nitrogens is 1. The Balaban J connectivity index is 2.28. The number of rotatable bonds is 6. The van der Waals surface area contributed by atoms with Gasteiger partial charge in [0, 0.05) is 18.3 Å². The van der Waals surface area contributed by atoms with Crippen LogP contribution in [0.4, 0.5) is 0 Å². The van der Waals surface area contributed by atoms with E-state index < -0.39 is 10.0 Å². The number of carbonyl (C=O) groups is 1. The summed E-state index contributed by atoms with van der Waals surface area (Å²) in [5, 5.41) is 8.22. The second kappa shape index (κ2) is 5.81. The monoisotopic (exact) mass is 313 g/mol. The first-order chi connectivity index (χ1) is 9.81. The third-order valence-electron chi connectivity index (χ3n) is 4.26. The van der Waals surface area contributed by atoms with Gasteiger partial charge in [-0.2, -0.15) is 0 Å². The maximum atomic E-state index is 12.5. The molecule has 0 aliphatic heterocycles. The number of hydrogen-bond acceptors (Lipinski definition) is 3. The van der Waals surface area contributed by atoms with E-state index in [0.717, 1.165) is 32.1 Å². The van der Waals surface area contributed by atoms with Crippen LogP contribution < -0.4 is 10.5 Å². The summed E-state index contributed by atoms with van der Waals surface area (Å²) in [5.74, 6) is -0.222. The summed E-state index contributed by atoms with van der Waals surface area (Å²) in [4.78, 5) is 12.5. The zero-order chi connectivity index (χ0) is 15.7. The average molecular weight is 313 g/mol. The third kappa shape index (κ3) is 3.29. The molecule has 0 bridgehead atoms. The Bertz CT molecular complexity index is 624. The molecule has 1 amide bonds. The molecular weight excluding hydrogens is 290 g/mol. The molecule has 21 heavy (non-hydrogen) atoms. The van der Waals surface area contributed by atoms with Crippen LogP contribution in [0.2, 0.25) is 0 Å². The lowest BCUT2D eigenvalue weighted by atomic mass is 9.75. The van der Waals surface area contributed by atoms with Gasteiger partial charge in [-0.3, -0.25) is 4.79 Å². The molecule has 2 rings (SSSR count). The Hall–Kier alpha value is -1.34. The van der Waals surface area contributed by atoms with Crippen LogP contribution >= 0.6 is 0 Å². The van der Waals surface area contributed by atoms with Crippen LogP contribution in [-0.4, -0.2) is 24.4 Å². The maximum Gasteiger partial charge on any atom is 0.268 e. The molecule has 1 saturated carbocycles. The maximum absolute atomic E-state index is 12.5. The van der Waals surface area contributed by atoms with Gasteiger partial charge >= 0.3 is 0 Å². The molecule has 118 valence electrons. The van der Waals surface area contributed by atoms with Crippen molar-refractivity contribution in [2.75, 3.05) is 0 Å². The number of nitrogens with one attached hydrogen (secondary N) is 1. The number of carbonyl (C=O) groups excluding carboxylic acids is 1. The van der Waals surface area contributed by atoms with Crippen molar-refractivity contribution in [1.82, 2.24) is 9.88 Å². The zero-order valence-electron chi connectivity index (χ0n) is 12.6. The first-order valence-corrected chi connectivity index (χ1v) is 8.91. The van der Waals surface area contributed by atoms with Gasteiger partial charge in [0.05, 0.1) is 0 Å². The first-order valence-electron chi connectivity index (χ1n) is 7.37. The summed E-state index contributed by atoms with van der Waals surface area (Å²) in [6, 6.07) is 1.36. The van der Waals surface area contributed by atoms with Gasteiger partial charge in [-0.1, -0.05) is 13.8 Å². The number of amides is 1. The van der Waals surface area contributed by atoms with Crippen molar-refractivity contribution < 1.29 is 13.2 Å². The topological polar surface area (TPSA) is 94.2 Å². The third-order valence-corrected chi connectivity index (χ3v) is 5.14. The van der Waals surface area contributed by atoms with Crippen LogP contribution in [0.1, 0.15) is 56.4 Å². The molecule has 6 nitrogen and oxygen atoms in total. The second-order valence-electron chi connectivity index (χ2n) is 5.74. The van der Waals surface area contributed by atoms with Crippen LogP contribution in [0, 0.1) is 0 Å². The van der Waals surface area contributed by atoms with Crippen LogP contribution in [0.3, 0.4) is 0 Å². The van der Waals surface area contributed by atoms with E-state index in [1.165, 1.54) is 12.3 Å². The SMILES string of the molecule is CCCn1cc(S(N)(=O)=O)cc1C(=O)NC1(CC)CCC1. The summed E-state index contributed by atoms with van der Waals surface area (Å²) in [5.41, 5.74) is 0.237. The highest BCUT2D eigenvalue weighted by Crippen LogP contribution is 2.35. The molecule has 0 unspecified atom stereocenters. The van der Waals surface area contributed by atoms with E-state index in [9.17, 15) is 13.2 Å². The number of primary sulfonamides is 1. The van der Waals surface area contributed by atoms with Crippen LogP contribution in [-0.2, 0) is 16.6 Å². The van der Waals surface area contributed by atoms with Crippen molar-refractivity contribution in [3.8, 4) is 0 Å². The Morgan fingerprint density at radius 3 is 2.52 bits per heavy atom. The molecule has 1 aliphatic carbocycles. The van der Waals surface area contributed by atoms with Crippen molar-refractivity contribution >= 4 is 15.9 Å². The minimum absolute atomic E-state index is 0.0137. The van der Waals surface area contributed by atoms with Gasteiger partial charge in [-0.15, -0.1) is 0 Å². The number of aryl methyl sites for hydroxylation is 1. The number of sulfonamides is 1. The predicted octanol–water partition coefficient (Wildman–Crippen LogP) is 1.61. The van der Waals surface area contributed by atoms with Crippen molar-refractivity contribution in [2.24, 2.45) is 5.14 Å². The Labute approximate surface area is 125 Å². The molecule has 3 N–H and O–H groups in total. The van der Waals surface area contributed by atoms with Gasteiger partial charge in [-0.25, -0.2) is 13.6 Å². The molecule has 0 radical (unpaired) electrons. The molecule has 1 aromatic heterocycles. The van der Waals surface area contributed by atoms with Crippen molar-refractivity contribution in [1.29, 1.82) is 0 Å². The lowest BCUT2D eigenvalue weighted by molar-refractivity contribution is 0.0810. The van der Waals surface area contributed by atoms with Crippen LogP contribution in [0.15, 0.2) is 17.2 Å². The smallest absolute Gasteiger partial charge is 0.268 e. The van der Waals surface area contributed by atoms with E-state index >= 15 is 0 Å². The molecule has 1 aromatic rings. The molecule has 7 heteroatoms. The molecule has 0 saturated heterocycles. The zero-order valence-corrected chi connectivity index (χ0v) is 13.4. The average Bonchev–Trinajstić information content (AvgIpc) is 2.78. The molecule has 0 aromatic carbocycles. The molecule has 0 atom stereocenters. The molecule has 1 fully saturated rings. The van der Waals surface area contributed by atoms with Gasteiger partial charge < -0.3 is 9.88 Å². The number of hydrogen-bond donors (Lipinski definition) is 2. The van der Waals surface area contributed by atoms with Crippen molar-refractivity contribution in [2.45, 2.75) is 62.9 Å². The normalized spacial score (nSPS) is 17.3. The van der Waals surface area contributed by atoms with Gasteiger partial charge in [0.2, 0.25) is 10.0 Å². The van der Waals surface area contributed by atoms with E-state index in [-0.39, 0.29) is 16.3 Å². The molecule has 1 heterocycles. The highest BCUT2D eigenvalue weighted by atomic mass is 32.2. The van der Waals surface area contributed by atoms with Crippen LogP contribution in [0.5, 0.6) is 0 Å². The largest absolute Gasteiger partial charge is 0.345 e. The fraction of sp³-hybridized carbons (Fsp3) is 0.643. The summed E-state index contributed by atoms with van der Waals surface area (Å²) in [6.07, 6.45) is 6.20. The Morgan fingerprint density at radius 2 is 2.10 bits per heavy atom. The Morgan fingerprint density at radius 1 is 1.43 bits per heavy atom. The lowest BCUT2D eigenvalue weighted by Gasteiger charge is -2.42. The lowest BCUT2D eigenvalue weighted by Crippen LogP contribution is -2.53. The fourth-order valence-electron chi connectivity index (χ4n) is 2.73. The Kier molecular flexibility index (Phi) is 4.43. The van der Waals surface area contributed by atoms with E-state index in [1.807, 2.05) is 6.92 Å². The summed E-state index contributed by atoms with van der Waals surface area (Å²) >= 11 is 0. The van der Waals surface area contributed by atoms with Gasteiger partial charge in [0.15, 0.2) is 0 Å². The molecule has 0 spiro atoms. The van der Waals surface area contributed by atoms with E-state index in [1.54, 1.807) is 4.57 Å². The van der Waals surface area contributed by atoms with Crippen molar-refractivity contribution in [3.05, 3.63) is 18.0 Å². The number of nitrogens with zero attached hydrogens (tertiary/aromatic N) is 1. The van der Waals surface area contributed by atoms with E-state index in [2.05, 4.69) is 12.2 Å². The highest BCUT2D eigenvalue weighted by molar-refractivity contribution is 7.89. The molecule has 1 aliphatic rings. The highest BCUT2D eigenvalue weighted by Gasteiger charge is 2.37. The first kappa shape index (κ1) is 16.0. The van der Waals surface area contributed by atoms with E-state index in [4.69, 9.17) is 5.14 Å². The fourth-order valence-corrected chi connectivity index (χ4v) is 3.28. The van der Waals surface area contributed by atoms with Gasteiger partial charge in [-0.05, 0) is 38.2 Å². The second-order valence-corrected chi connectivity index (χ2v) is 7.30. The summed E-state index contributed by atoms with van der Waals surface area (Å²) in [6.45, 7) is 4.61. The minimum atomic E-state index is -3.80. The quantitative estimate of drug-likeness (QED) is 0.835. The van der Waals surface area contributed by atoms with E-state index in [0.29, 0.717) is 12.2 Å². The summed E-state index contributed by atoms with van der Waals surface area (Å²) in [7, 11) is -3.80. The summed E-state index contributed by atoms with van der Waals surface area (Å²) < 4.78 is 24.6. The molecular formula is C14H23N3O3S.